The maximum Gasteiger partial charge on any atom is 0.344 e. The highest BCUT2D eigenvalue weighted by molar-refractivity contribution is 6.08. The first kappa shape index (κ1) is 20.7. The van der Waals surface area contributed by atoms with Gasteiger partial charge in [0.25, 0.3) is 0 Å². The highest BCUT2D eigenvalue weighted by Gasteiger charge is 2.26. The molecule has 1 unspecified atom stereocenters. The number of methoxy groups -OCH3 is 1. The van der Waals surface area contributed by atoms with Gasteiger partial charge < -0.3 is 19.8 Å². The van der Waals surface area contributed by atoms with E-state index in [4.69, 9.17) is 25.2 Å². The zero-order valence-corrected chi connectivity index (χ0v) is 18.0. The molecule has 0 radical (unpaired) electrons. The van der Waals surface area contributed by atoms with Crippen LogP contribution in [0.4, 0.5) is 5.82 Å². The van der Waals surface area contributed by atoms with Crippen molar-refractivity contribution < 1.29 is 14.3 Å². The number of rotatable bonds is 7. The number of para-hydroxylation sites is 2. The third-order valence-electron chi connectivity index (χ3n) is 5.46. The number of fused-ring (bicyclic) bond motifs is 2. The minimum Gasteiger partial charge on any atom is -0.497 e. The monoisotopic (exact) mass is 418 g/mol. The van der Waals surface area contributed by atoms with Gasteiger partial charge in [-0.25, -0.2) is 14.8 Å². The summed E-state index contributed by atoms with van der Waals surface area (Å²) in [6, 6.07) is 15.5. The summed E-state index contributed by atoms with van der Waals surface area (Å²) >= 11 is 0. The molecule has 0 bridgehead atoms. The lowest BCUT2D eigenvalue weighted by Crippen LogP contribution is -2.16. The van der Waals surface area contributed by atoms with Crippen LogP contribution in [0.25, 0.3) is 22.2 Å². The number of carbonyl (C=O) groups excluding carboxylic acids is 1. The van der Waals surface area contributed by atoms with E-state index in [1.165, 1.54) is 0 Å². The summed E-state index contributed by atoms with van der Waals surface area (Å²) in [7, 11) is 1.64. The third kappa shape index (κ3) is 4.03. The predicted molar refractivity (Wildman–Crippen MR) is 121 cm³/mol. The molecule has 4 aromatic rings. The van der Waals surface area contributed by atoms with E-state index < -0.39 is 5.97 Å². The van der Waals surface area contributed by atoms with Gasteiger partial charge in [-0.1, -0.05) is 31.2 Å². The highest BCUT2D eigenvalue weighted by atomic mass is 16.5. The molecule has 0 saturated heterocycles. The predicted octanol–water partition coefficient (Wildman–Crippen LogP) is 4.37. The number of hydrogen-bond donors (Lipinski definition) is 1. The Kier molecular flexibility index (Phi) is 5.75. The number of nitrogens with zero attached hydrogens (tertiary/aromatic N) is 3. The van der Waals surface area contributed by atoms with Crippen LogP contribution < -0.4 is 10.5 Å². The minimum absolute atomic E-state index is 0.210. The number of ether oxygens (including phenoxy) is 2. The van der Waals surface area contributed by atoms with Crippen molar-refractivity contribution in [1.29, 1.82) is 0 Å². The summed E-state index contributed by atoms with van der Waals surface area (Å²) in [6.07, 6.45) is 1.22. The molecule has 0 aliphatic rings. The zero-order chi connectivity index (χ0) is 22.0. The van der Waals surface area contributed by atoms with Crippen LogP contribution in [-0.2, 0) is 17.7 Å². The standard InChI is InChI=1S/C24H26N4O3/c1-4-15(2)31-24(29)20-21-23(27-19-8-6-5-7-18(19)26-21)28(22(20)25)14-13-16-9-11-17(30-3)12-10-16/h5-12,15H,4,13-14,25H2,1-3H3. The smallest absolute Gasteiger partial charge is 0.344 e. The van der Waals surface area contributed by atoms with Crippen molar-refractivity contribution in [3.63, 3.8) is 0 Å². The molecule has 0 fully saturated rings. The van der Waals surface area contributed by atoms with Crippen LogP contribution in [-0.4, -0.2) is 33.7 Å². The molecule has 0 spiro atoms. The van der Waals surface area contributed by atoms with E-state index in [2.05, 4.69) is 0 Å². The first-order chi connectivity index (χ1) is 15.0. The lowest BCUT2D eigenvalue weighted by atomic mass is 10.1. The van der Waals surface area contributed by atoms with E-state index in [9.17, 15) is 4.79 Å². The van der Waals surface area contributed by atoms with Crippen molar-refractivity contribution in [2.45, 2.75) is 39.3 Å². The largest absolute Gasteiger partial charge is 0.497 e. The van der Waals surface area contributed by atoms with Crippen LogP contribution in [0.3, 0.4) is 0 Å². The van der Waals surface area contributed by atoms with Crippen molar-refractivity contribution in [3.05, 3.63) is 59.7 Å². The number of nitrogen functional groups attached to an aromatic ring is 1. The Bertz CT molecular complexity index is 1230. The second-order valence-corrected chi connectivity index (χ2v) is 7.52. The number of hydrogen-bond acceptors (Lipinski definition) is 6. The van der Waals surface area contributed by atoms with Crippen LogP contribution in [0, 0.1) is 0 Å². The molecule has 7 nitrogen and oxygen atoms in total. The lowest BCUT2D eigenvalue weighted by molar-refractivity contribution is 0.0338. The number of aromatic nitrogens is 3. The topological polar surface area (TPSA) is 92.3 Å². The molecule has 2 heterocycles. The van der Waals surface area contributed by atoms with Gasteiger partial charge in [0.2, 0.25) is 0 Å². The molecule has 31 heavy (non-hydrogen) atoms. The molecule has 0 aliphatic heterocycles. The van der Waals surface area contributed by atoms with Crippen LogP contribution in [0.15, 0.2) is 48.5 Å². The second kappa shape index (κ2) is 8.63. The van der Waals surface area contributed by atoms with Crippen molar-refractivity contribution in [2.24, 2.45) is 0 Å². The summed E-state index contributed by atoms with van der Waals surface area (Å²) in [6.45, 7) is 4.38. The zero-order valence-electron chi connectivity index (χ0n) is 18.0. The fourth-order valence-corrected chi connectivity index (χ4v) is 3.50. The fraction of sp³-hybridized carbons (Fsp3) is 0.292. The Morgan fingerprint density at radius 3 is 2.42 bits per heavy atom. The Balaban J connectivity index is 1.78. The molecular formula is C24H26N4O3. The number of benzene rings is 2. The van der Waals surface area contributed by atoms with Gasteiger partial charge >= 0.3 is 5.97 Å². The Morgan fingerprint density at radius 1 is 1.10 bits per heavy atom. The van der Waals surface area contributed by atoms with Gasteiger partial charge in [-0.15, -0.1) is 0 Å². The van der Waals surface area contributed by atoms with Gasteiger partial charge in [-0.05, 0) is 49.6 Å². The van der Waals surface area contributed by atoms with Crippen molar-refractivity contribution in [1.82, 2.24) is 14.5 Å². The molecule has 2 aromatic carbocycles. The quantitative estimate of drug-likeness (QED) is 0.448. The molecule has 7 heteroatoms. The number of aryl methyl sites for hydroxylation is 2. The number of nitrogens with two attached hydrogens (primary N) is 1. The van der Waals surface area contributed by atoms with Gasteiger partial charge in [0.1, 0.15) is 22.6 Å². The molecule has 2 aromatic heterocycles. The van der Waals surface area contributed by atoms with Crippen molar-refractivity contribution in [2.75, 3.05) is 12.8 Å². The van der Waals surface area contributed by atoms with Crippen molar-refractivity contribution in [3.8, 4) is 5.75 Å². The van der Waals surface area contributed by atoms with E-state index in [0.717, 1.165) is 23.3 Å². The summed E-state index contributed by atoms with van der Waals surface area (Å²) in [5.41, 5.74) is 10.4. The van der Waals surface area contributed by atoms with Gasteiger partial charge in [-0.3, -0.25) is 0 Å². The number of carbonyl (C=O) groups is 1. The first-order valence-corrected chi connectivity index (χ1v) is 10.4. The van der Waals surface area contributed by atoms with E-state index in [0.29, 0.717) is 35.5 Å². The maximum atomic E-state index is 12.9. The molecule has 0 aliphatic carbocycles. The van der Waals surface area contributed by atoms with Gasteiger partial charge in [-0.2, -0.15) is 0 Å². The Morgan fingerprint density at radius 2 is 1.77 bits per heavy atom. The molecule has 4 rings (SSSR count). The summed E-state index contributed by atoms with van der Waals surface area (Å²) < 4.78 is 12.7. The average Bonchev–Trinajstić information content (AvgIpc) is 3.06. The minimum atomic E-state index is -0.468. The average molecular weight is 418 g/mol. The molecule has 0 amide bonds. The summed E-state index contributed by atoms with van der Waals surface area (Å²) in [5.74, 6) is 0.666. The van der Waals surface area contributed by atoms with Crippen molar-refractivity contribution >= 4 is 34.0 Å². The van der Waals surface area contributed by atoms with Crippen LogP contribution >= 0.6 is 0 Å². The normalized spacial score (nSPS) is 12.2. The SMILES string of the molecule is CCC(C)OC(=O)c1c(N)n(CCc2ccc(OC)cc2)c2nc3ccccc3nc12. The molecule has 0 saturated carbocycles. The maximum absolute atomic E-state index is 12.9. The van der Waals surface area contributed by atoms with Crippen LogP contribution in [0.1, 0.15) is 36.2 Å². The lowest BCUT2D eigenvalue weighted by Gasteiger charge is -2.11. The van der Waals surface area contributed by atoms with E-state index in [1.807, 2.05) is 66.9 Å². The molecule has 2 N–H and O–H groups in total. The van der Waals surface area contributed by atoms with Crippen LogP contribution in [0.2, 0.25) is 0 Å². The Hall–Kier alpha value is -3.61. The molecule has 1 atom stereocenters. The Labute approximate surface area is 180 Å². The second-order valence-electron chi connectivity index (χ2n) is 7.52. The van der Waals surface area contributed by atoms with E-state index in [1.54, 1.807) is 7.11 Å². The molecule has 160 valence electrons. The third-order valence-corrected chi connectivity index (χ3v) is 5.46. The van der Waals surface area contributed by atoms with Gasteiger partial charge in [0, 0.05) is 6.54 Å². The van der Waals surface area contributed by atoms with Crippen LogP contribution in [0.5, 0.6) is 5.75 Å². The number of esters is 1. The van der Waals surface area contributed by atoms with Gasteiger partial charge in [0.15, 0.2) is 5.65 Å². The number of anilines is 1. The summed E-state index contributed by atoms with van der Waals surface area (Å²) in [5, 5.41) is 0. The highest BCUT2D eigenvalue weighted by Crippen LogP contribution is 2.29. The van der Waals surface area contributed by atoms with E-state index in [-0.39, 0.29) is 11.7 Å². The fourth-order valence-electron chi connectivity index (χ4n) is 3.50. The van der Waals surface area contributed by atoms with E-state index >= 15 is 0 Å². The molecular weight excluding hydrogens is 392 g/mol. The van der Waals surface area contributed by atoms with Gasteiger partial charge in [0.05, 0.1) is 24.2 Å². The summed E-state index contributed by atoms with van der Waals surface area (Å²) in [4.78, 5) is 22.4. The first-order valence-electron chi connectivity index (χ1n) is 10.4.